The highest BCUT2D eigenvalue weighted by Crippen LogP contribution is 2.35. The minimum atomic E-state index is -4.61. The van der Waals surface area contributed by atoms with Crippen LogP contribution in [0.4, 0.5) is 13.2 Å². The van der Waals surface area contributed by atoms with E-state index in [1.807, 2.05) is 0 Å². The van der Waals surface area contributed by atoms with Crippen molar-refractivity contribution in [2.75, 3.05) is 19.8 Å². The molecule has 1 N–H and O–H groups in total. The van der Waals surface area contributed by atoms with Crippen molar-refractivity contribution in [3.8, 4) is 0 Å². The molecule has 3 heterocycles. The molecule has 10 heteroatoms. The molecule has 2 aromatic heterocycles. The van der Waals surface area contributed by atoms with Crippen molar-refractivity contribution < 1.29 is 27.8 Å². The fraction of sp³-hybridized carbons (Fsp3) is 0.588. The Morgan fingerprint density at radius 1 is 1.37 bits per heavy atom. The first-order valence-corrected chi connectivity index (χ1v) is 8.76. The van der Waals surface area contributed by atoms with E-state index in [1.54, 1.807) is 4.90 Å². The molecule has 2 aliphatic rings. The monoisotopic (exact) mass is 384 g/mol. The molecule has 2 aromatic rings. The molecule has 7 nitrogen and oxygen atoms in total. The third kappa shape index (κ3) is 3.16. The molecule has 4 rings (SSSR count). The molecule has 1 unspecified atom stereocenters. The molecule has 0 radical (unpaired) electrons. The average Bonchev–Trinajstić information content (AvgIpc) is 3.22. The van der Waals surface area contributed by atoms with Gasteiger partial charge in [0.1, 0.15) is 5.69 Å². The number of aliphatic hydroxyl groups is 1. The molecule has 0 aromatic carbocycles. The van der Waals surface area contributed by atoms with Crippen LogP contribution in [0.15, 0.2) is 12.1 Å². The zero-order chi connectivity index (χ0) is 19.3. The summed E-state index contributed by atoms with van der Waals surface area (Å²) in [6.07, 6.45) is -3.51. The standard InChI is InChI=1S/C17H19F3N4O3/c1-9-4-14(17(18,19)20)24-15(21-9)7-11(22-24)16(26)23-2-3-27-13-6-10(8-25)5-12(13)23/h4,7,10,12-13,25H,2-3,5-6,8H2,1H3/t10-,12+,13?/m1/s1. The van der Waals surface area contributed by atoms with Gasteiger partial charge in [0.15, 0.2) is 11.3 Å². The first-order valence-electron chi connectivity index (χ1n) is 8.76. The van der Waals surface area contributed by atoms with E-state index in [-0.39, 0.29) is 41.7 Å². The summed E-state index contributed by atoms with van der Waals surface area (Å²) < 4.78 is 46.3. The second kappa shape index (κ2) is 6.45. The van der Waals surface area contributed by atoms with Crippen LogP contribution in [0.25, 0.3) is 5.65 Å². The number of amides is 1. The van der Waals surface area contributed by atoms with Gasteiger partial charge in [-0.05, 0) is 31.7 Å². The Kier molecular flexibility index (Phi) is 4.34. The van der Waals surface area contributed by atoms with E-state index in [4.69, 9.17) is 4.74 Å². The predicted octanol–water partition coefficient (Wildman–Crippen LogP) is 1.67. The highest BCUT2D eigenvalue weighted by molar-refractivity contribution is 5.93. The molecule has 1 aliphatic carbocycles. The number of ether oxygens (including phenoxy) is 1. The number of alkyl halides is 3. The number of morpholine rings is 1. The molecule has 3 atom stereocenters. The van der Waals surface area contributed by atoms with Crippen molar-refractivity contribution in [2.24, 2.45) is 5.92 Å². The van der Waals surface area contributed by atoms with Gasteiger partial charge in [-0.25, -0.2) is 9.50 Å². The summed E-state index contributed by atoms with van der Waals surface area (Å²) in [5.41, 5.74) is -0.867. The van der Waals surface area contributed by atoms with Crippen LogP contribution in [0.1, 0.15) is 34.7 Å². The van der Waals surface area contributed by atoms with Crippen molar-refractivity contribution in [2.45, 2.75) is 38.1 Å². The number of hydrogen-bond acceptors (Lipinski definition) is 5. The fourth-order valence-electron chi connectivity index (χ4n) is 4.01. The number of nitrogens with zero attached hydrogens (tertiary/aromatic N) is 4. The maximum Gasteiger partial charge on any atom is 0.433 e. The Labute approximate surface area is 152 Å². The smallest absolute Gasteiger partial charge is 0.396 e. The van der Waals surface area contributed by atoms with Gasteiger partial charge in [0.2, 0.25) is 0 Å². The number of aliphatic hydroxyl groups excluding tert-OH is 1. The fourth-order valence-corrected chi connectivity index (χ4v) is 4.01. The summed E-state index contributed by atoms with van der Waals surface area (Å²) in [5.74, 6) is -0.390. The largest absolute Gasteiger partial charge is 0.433 e. The van der Waals surface area contributed by atoms with Gasteiger partial charge < -0.3 is 14.7 Å². The summed E-state index contributed by atoms with van der Waals surface area (Å²) >= 11 is 0. The van der Waals surface area contributed by atoms with E-state index < -0.39 is 17.8 Å². The molecule has 0 spiro atoms. The third-order valence-corrected chi connectivity index (χ3v) is 5.22. The van der Waals surface area contributed by atoms with E-state index in [9.17, 15) is 23.1 Å². The summed E-state index contributed by atoms with van der Waals surface area (Å²) in [6, 6.07) is 1.99. The van der Waals surface area contributed by atoms with E-state index in [0.29, 0.717) is 30.5 Å². The van der Waals surface area contributed by atoms with Crippen LogP contribution in [0.3, 0.4) is 0 Å². The average molecular weight is 384 g/mol. The van der Waals surface area contributed by atoms with Crippen molar-refractivity contribution in [1.29, 1.82) is 0 Å². The maximum atomic E-state index is 13.3. The van der Waals surface area contributed by atoms with Gasteiger partial charge in [-0.3, -0.25) is 4.79 Å². The quantitative estimate of drug-likeness (QED) is 0.852. The van der Waals surface area contributed by atoms with Crippen molar-refractivity contribution in [3.63, 3.8) is 0 Å². The molecule has 1 amide bonds. The summed E-state index contributed by atoms with van der Waals surface area (Å²) in [4.78, 5) is 18.6. The lowest BCUT2D eigenvalue weighted by Gasteiger charge is -2.37. The number of fused-ring (bicyclic) bond motifs is 2. The Morgan fingerprint density at radius 3 is 2.85 bits per heavy atom. The molecule has 1 aliphatic heterocycles. The van der Waals surface area contributed by atoms with Gasteiger partial charge in [0, 0.05) is 24.9 Å². The Balaban J connectivity index is 1.69. The van der Waals surface area contributed by atoms with Gasteiger partial charge in [-0.1, -0.05) is 0 Å². The van der Waals surface area contributed by atoms with E-state index in [0.717, 1.165) is 6.07 Å². The van der Waals surface area contributed by atoms with Crippen LogP contribution in [0, 0.1) is 12.8 Å². The highest BCUT2D eigenvalue weighted by Gasteiger charge is 2.43. The normalized spacial score (nSPS) is 25.8. The Hall–Kier alpha value is -2.20. The number of halogens is 3. The lowest BCUT2D eigenvalue weighted by Crippen LogP contribution is -2.51. The second-order valence-electron chi connectivity index (χ2n) is 7.08. The minimum Gasteiger partial charge on any atom is -0.396 e. The first kappa shape index (κ1) is 18.2. The third-order valence-electron chi connectivity index (χ3n) is 5.22. The molecule has 27 heavy (non-hydrogen) atoms. The van der Waals surface area contributed by atoms with E-state index in [1.165, 1.54) is 13.0 Å². The topological polar surface area (TPSA) is 80.0 Å². The Bertz CT molecular complexity index is 882. The van der Waals surface area contributed by atoms with Gasteiger partial charge in [0.05, 0.1) is 18.8 Å². The molecule has 1 saturated heterocycles. The summed E-state index contributed by atoms with van der Waals surface area (Å²) in [6.45, 7) is 2.17. The van der Waals surface area contributed by atoms with E-state index >= 15 is 0 Å². The highest BCUT2D eigenvalue weighted by atomic mass is 19.4. The zero-order valence-corrected chi connectivity index (χ0v) is 14.6. The van der Waals surface area contributed by atoms with Crippen LogP contribution in [-0.4, -0.2) is 62.4 Å². The molecular weight excluding hydrogens is 365 g/mol. The number of carbonyl (C=O) groups is 1. The second-order valence-corrected chi connectivity index (χ2v) is 7.08. The van der Waals surface area contributed by atoms with Crippen LogP contribution < -0.4 is 0 Å². The molecule has 146 valence electrons. The summed E-state index contributed by atoms with van der Waals surface area (Å²) in [5, 5.41) is 13.3. The number of carbonyl (C=O) groups excluding carboxylic acids is 1. The number of rotatable bonds is 2. The first-order chi connectivity index (χ1) is 12.8. The van der Waals surface area contributed by atoms with Crippen LogP contribution in [-0.2, 0) is 10.9 Å². The van der Waals surface area contributed by atoms with E-state index in [2.05, 4.69) is 10.1 Å². The van der Waals surface area contributed by atoms with Crippen LogP contribution in [0.5, 0.6) is 0 Å². The van der Waals surface area contributed by atoms with Crippen LogP contribution in [0.2, 0.25) is 0 Å². The maximum absolute atomic E-state index is 13.3. The summed E-state index contributed by atoms with van der Waals surface area (Å²) in [7, 11) is 0. The number of aromatic nitrogens is 3. The van der Waals surface area contributed by atoms with Crippen molar-refractivity contribution in [1.82, 2.24) is 19.5 Å². The number of aryl methyl sites for hydroxylation is 1. The van der Waals surface area contributed by atoms with Gasteiger partial charge >= 0.3 is 6.18 Å². The lowest BCUT2D eigenvalue weighted by atomic mass is 10.1. The molecule has 2 fully saturated rings. The van der Waals surface area contributed by atoms with Crippen molar-refractivity contribution in [3.05, 3.63) is 29.2 Å². The molecule has 0 bridgehead atoms. The lowest BCUT2D eigenvalue weighted by molar-refractivity contribution is -0.142. The van der Waals surface area contributed by atoms with Gasteiger partial charge in [-0.15, -0.1) is 0 Å². The van der Waals surface area contributed by atoms with Crippen LogP contribution >= 0.6 is 0 Å². The van der Waals surface area contributed by atoms with Gasteiger partial charge in [-0.2, -0.15) is 18.3 Å². The molecule has 1 saturated carbocycles. The SMILES string of the molecule is Cc1cc(C(F)(F)F)n2nc(C(=O)N3CCOC4C[C@H](CO)C[C@@H]43)cc2n1. The molecular formula is C17H19F3N4O3. The Morgan fingerprint density at radius 2 is 2.15 bits per heavy atom. The zero-order valence-electron chi connectivity index (χ0n) is 14.6. The minimum absolute atomic E-state index is 0.0184. The van der Waals surface area contributed by atoms with Gasteiger partial charge in [0.25, 0.3) is 5.91 Å². The number of hydrogen-bond donors (Lipinski definition) is 1. The predicted molar refractivity (Wildman–Crippen MR) is 87.1 cm³/mol. The van der Waals surface area contributed by atoms with Crippen molar-refractivity contribution >= 4 is 11.6 Å².